The van der Waals surface area contributed by atoms with Crippen molar-refractivity contribution in [3.63, 3.8) is 0 Å². The molecule has 1 aliphatic heterocycles. The lowest BCUT2D eigenvalue weighted by molar-refractivity contribution is -0.286. The molecule has 0 unspecified atom stereocenters. The zero-order chi connectivity index (χ0) is 18.4. The summed E-state index contributed by atoms with van der Waals surface area (Å²) in [6.07, 6.45) is -3.83. The van der Waals surface area contributed by atoms with Crippen molar-refractivity contribution in [1.82, 2.24) is 0 Å². The van der Waals surface area contributed by atoms with Crippen molar-refractivity contribution in [3.05, 3.63) is 53.1 Å². The first-order chi connectivity index (χ1) is 11.5. The topological polar surface area (TPSA) is 116 Å². The molecular weight excluding hydrogens is 360 g/mol. The normalized spacial score (nSPS) is 15.2. The van der Waals surface area contributed by atoms with E-state index in [0.29, 0.717) is 5.56 Å². The number of sulfonamides is 1. The third kappa shape index (κ3) is 3.54. The van der Waals surface area contributed by atoms with Gasteiger partial charge in [0.05, 0.1) is 10.5 Å². The molecule has 0 saturated heterocycles. The lowest BCUT2D eigenvalue weighted by atomic mass is 10.0. The van der Waals surface area contributed by atoms with Crippen molar-refractivity contribution in [1.29, 1.82) is 0 Å². The first-order valence-electron chi connectivity index (χ1n) is 6.83. The van der Waals surface area contributed by atoms with Gasteiger partial charge in [-0.1, -0.05) is 6.07 Å². The Balaban J connectivity index is 2.01. The molecule has 0 saturated carbocycles. The van der Waals surface area contributed by atoms with Crippen LogP contribution in [0.4, 0.5) is 8.78 Å². The minimum absolute atomic E-state index is 0.0604. The maximum absolute atomic E-state index is 13.1. The first kappa shape index (κ1) is 17.1. The predicted molar refractivity (Wildman–Crippen MR) is 80.2 cm³/mol. The Bertz CT molecular complexity index is 974. The Morgan fingerprint density at radius 3 is 2.44 bits per heavy atom. The predicted octanol–water partition coefficient (Wildman–Crippen LogP) is 1.94. The Hall–Kier alpha value is -2.72. The van der Waals surface area contributed by atoms with Crippen molar-refractivity contribution in [2.75, 3.05) is 0 Å². The van der Waals surface area contributed by atoms with E-state index < -0.39 is 22.3 Å². The Morgan fingerprint density at radius 1 is 1.12 bits per heavy atom. The summed E-state index contributed by atoms with van der Waals surface area (Å²) < 4.78 is 58.1. The van der Waals surface area contributed by atoms with Gasteiger partial charge in [0.25, 0.3) is 0 Å². The summed E-state index contributed by atoms with van der Waals surface area (Å²) in [5, 5.41) is 14.2. The van der Waals surface area contributed by atoms with Gasteiger partial charge < -0.3 is 14.6 Å². The Labute approximate surface area is 140 Å². The molecule has 0 atom stereocenters. The Kier molecular flexibility index (Phi) is 3.88. The lowest BCUT2D eigenvalue weighted by Crippen LogP contribution is -2.25. The summed E-state index contributed by atoms with van der Waals surface area (Å²) in [5.74, 6) is -1.60. The second kappa shape index (κ2) is 5.67. The Morgan fingerprint density at radius 2 is 1.80 bits per heavy atom. The number of ether oxygens (including phenoxy) is 2. The molecule has 25 heavy (non-hydrogen) atoms. The van der Waals surface area contributed by atoms with Crippen LogP contribution in [0.5, 0.6) is 11.5 Å². The molecule has 2 aromatic rings. The lowest BCUT2D eigenvalue weighted by Gasteiger charge is -2.10. The van der Waals surface area contributed by atoms with Crippen molar-refractivity contribution in [2.45, 2.75) is 17.6 Å². The minimum Gasteiger partial charge on any atom is -0.478 e. The average Bonchev–Trinajstić information content (AvgIpc) is 2.79. The number of carboxylic acids is 1. The van der Waals surface area contributed by atoms with E-state index in [9.17, 15) is 22.0 Å². The molecule has 0 fully saturated rings. The molecule has 132 valence electrons. The van der Waals surface area contributed by atoms with E-state index in [-0.39, 0.29) is 33.9 Å². The standard InChI is InChI=1S/C15H11F2NO6S/c16-15(17)23-11-3-1-8(6-12(11)24-15)5-10-7-9(14(19)20)2-4-13(10)25(18,21)22/h1-4,6-7H,5H2,(H,19,20)(H2,18,21,22). The summed E-state index contributed by atoms with van der Waals surface area (Å²) >= 11 is 0. The maximum Gasteiger partial charge on any atom is 0.586 e. The number of fused-ring (bicyclic) bond motifs is 1. The minimum atomic E-state index is -4.09. The van der Waals surface area contributed by atoms with E-state index in [2.05, 4.69) is 9.47 Å². The number of hydrogen-bond acceptors (Lipinski definition) is 5. The highest BCUT2D eigenvalue weighted by Crippen LogP contribution is 2.41. The summed E-state index contributed by atoms with van der Waals surface area (Å²) in [6.45, 7) is 0. The number of rotatable bonds is 4. The van der Waals surface area contributed by atoms with Gasteiger partial charge >= 0.3 is 12.3 Å². The van der Waals surface area contributed by atoms with Gasteiger partial charge in [-0.25, -0.2) is 18.4 Å². The zero-order valence-electron chi connectivity index (χ0n) is 12.4. The zero-order valence-corrected chi connectivity index (χ0v) is 13.2. The number of nitrogens with two attached hydrogens (primary N) is 1. The monoisotopic (exact) mass is 371 g/mol. The molecule has 0 bridgehead atoms. The van der Waals surface area contributed by atoms with E-state index in [1.54, 1.807) is 0 Å². The maximum atomic E-state index is 13.1. The number of carbonyl (C=O) groups is 1. The molecule has 10 heteroatoms. The SMILES string of the molecule is NS(=O)(=O)c1ccc(C(=O)O)cc1Cc1ccc2c(c1)OC(F)(F)O2. The second-order valence-corrected chi connectivity index (χ2v) is 6.83. The number of benzene rings is 2. The molecule has 0 amide bonds. The number of alkyl halides is 2. The van der Waals surface area contributed by atoms with E-state index in [0.717, 1.165) is 12.1 Å². The average molecular weight is 371 g/mol. The van der Waals surface area contributed by atoms with Gasteiger partial charge in [0.15, 0.2) is 11.5 Å². The first-order valence-corrected chi connectivity index (χ1v) is 8.37. The molecule has 3 rings (SSSR count). The van der Waals surface area contributed by atoms with Gasteiger partial charge in [-0.3, -0.25) is 0 Å². The summed E-state index contributed by atoms with van der Waals surface area (Å²) in [6, 6.07) is 7.33. The van der Waals surface area contributed by atoms with Crippen LogP contribution in [0.2, 0.25) is 0 Å². The molecule has 0 radical (unpaired) electrons. The van der Waals surface area contributed by atoms with E-state index in [4.69, 9.17) is 10.2 Å². The highest BCUT2D eigenvalue weighted by Gasteiger charge is 2.43. The largest absolute Gasteiger partial charge is 0.586 e. The number of aromatic carboxylic acids is 1. The highest BCUT2D eigenvalue weighted by molar-refractivity contribution is 7.89. The van der Waals surface area contributed by atoms with Gasteiger partial charge in [0.1, 0.15) is 0 Å². The molecular formula is C15H11F2NO6S. The fraction of sp³-hybridized carbons (Fsp3) is 0.133. The van der Waals surface area contributed by atoms with Crippen molar-refractivity contribution < 1.29 is 36.6 Å². The van der Waals surface area contributed by atoms with Crippen LogP contribution in [-0.4, -0.2) is 25.8 Å². The van der Waals surface area contributed by atoms with Crippen LogP contribution in [0, 0.1) is 0 Å². The van der Waals surface area contributed by atoms with E-state index >= 15 is 0 Å². The smallest absolute Gasteiger partial charge is 0.478 e. The third-order valence-electron chi connectivity index (χ3n) is 3.47. The number of primary sulfonamides is 1. The quantitative estimate of drug-likeness (QED) is 0.849. The van der Waals surface area contributed by atoms with E-state index in [1.165, 1.54) is 24.3 Å². The van der Waals surface area contributed by atoms with Crippen molar-refractivity contribution >= 4 is 16.0 Å². The molecule has 7 nitrogen and oxygen atoms in total. The van der Waals surface area contributed by atoms with Crippen molar-refractivity contribution in [3.8, 4) is 11.5 Å². The molecule has 0 aliphatic carbocycles. The van der Waals surface area contributed by atoms with Crippen LogP contribution in [0.15, 0.2) is 41.3 Å². The van der Waals surface area contributed by atoms with Gasteiger partial charge in [0, 0.05) is 0 Å². The fourth-order valence-corrected chi connectivity index (χ4v) is 3.21. The van der Waals surface area contributed by atoms with Crippen LogP contribution >= 0.6 is 0 Å². The highest BCUT2D eigenvalue weighted by atomic mass is 32.2. The molecule has 3 N–H and O–H groups in total. The van der Waals surface area contributed by atoms with Crippen LogP contribution in [0.3, 0.4) is 0 Å². The number of hydrogen-bond donors (Lipinski definition) is 2. The van der Waals surface area contributed by atoms with Crippen molar-refractivity contribution in [2.24, 2.45) is 5.14 Å². The number of carboxylic acid groups (broad SMARTS) is 1. The summed E-state index contributed by atoms with van der Waals surface area (Å²) in [5.41, 5.74) is 0.398. The fourth-order valence-electron chi connectivity index (χ4n) is 2.45. The molecule has 2 aromatic carbocycles. The number of halogens is 2. The van der Waals surface area contributed by atoms with Crippen LogP contribution in [-0.2, 0) is 16.4 Å². The summed E-state index contributed by atoms with van der Waals surface area (Å²) in [7, 11) is -4.09. The van der Waals surface area contributed by atoms with Crippen LogP contribution in [0.1, 0.15) is 21.5 Å². The van der Waals surface area contributed by atoms with Crippen LogP contribution in [0.25, 0.3) is 0 Å². The van der Waals surface area contributed by atoms with Gasteiger partial charge in [0.2, 0.25) is 10.0 Å². The summed E-state index contributed by atoms with van der Waals surface area (Å²) in [4.78, 5) is 10.8. The van der Waals surface area contributed by atoms with Gasteiger partial charge in [-0.15, -0.1) is 8.78 Å². The molecule has 1 heterocycles. The molecule has 1 aliphatic rings. The van der Waals surface area contributed by atoms with Crippen LogP contribution < -0.4 is 14.6 Å². The third-order valence-corrected chi connectivity index (χ3v) is 4.49. The van der Waals surface area contributed by atoms with E-state index in [1.807, 2.05) is 0 Å². The molecule has 0 aromatic heterocycles. The molecule has 0 spiro atoms. The van der Waals surface area contributed by atoms with Gasteiger partial charge in [-0.2, -0.15) is 0 Å². The van der Waals surface area contributed by atoms with Gasteiger partial charge in [-0.05, 0) is 47.9 Å². The second-order valence-electron chi connectivity index (χ2n) is 5.30.